The minimum Gasteiger partial charge on any atom is -0.347 e. The SMILES string of the molecule is CCC[C@H](NC(=O)[C@H]1[C@H]2CCC[C@H]2CN1C(=O)C(NC(=O)[C@@H](NC(=O)c1cnccn1)C1CCCCC1)C(C)(C)C)C(=O)C(=O)NC1CC1. The molecule has 268 valence electrons. The number of carbonyl (C=O) groups excluding carboxylic acids is 6. The number of hydrogen-bond donors (Lipinski definition) is 4. The van der Waals surface area contributed by atoms with Crippen LogP contribution in [0.5, 0.6) is 0 Å². The number of hydrogen-bond acceptors (Lipinski definition) is 8. The standard InChI is InChI=1S/C36H53N7O6/c1-5-10-25(29(44)34(48)39-23-15-16-23)40-33(47)28-24-14-9-13-22(24)20-43(28)35(49)30(36(2,3)4)42-32(46)27(21-11-7-6-8-12-21)41-31(45)26-19-37-17-18-38-26/h17-19,21-25,27-28,30H,5-16,20H2,1-4H3,(H,39,48)(H,40,47)(H,41,45)(H,42,46)/t22-,24-,25-,27-,28+,30?/m0/s1. The van der Waals surface area contributed by atoms with Gasteiger partial charge in [0.2, 0.25) is 23.5 Å². The van der Waals surface area contributed by atoms with Crippen LogP contribution in [0.15, 0.2) is 18.6 Å². The van der Waals surface area contributed by atoms with E-state index in [-0.39, 0.29) is 35.4 Å². The van der Waals surface area contributed by atoms with E-state index in [1.165, 1.54) is 18.6 Å². The maximum atomic E-state index is 14.6. The van der Waals surface area contributed by atoms with Crippen molar-refractivity contribution in [2.45, 2.75) is 135 Å². The third-order valence-electron chi connectivity index (χ3n) is 10.7. The van der Waals surface area contributed by atoms with Crippen LogP contribution in [0, 0.1) is 23.2 Å². The molecule has 3 aliphatic carbocycles. The van der Waals surface area contributed by atoms with E-state index in [0.717, 1.165) is 64.2 Å². The number of carbonyl (C=O) groups is 6. The van der Waals surface area contributed by atoms with Crippen molar-refractivity contribution in [1.82, 2.24) is 36.1 Å². The van der Waals surface area contributed by atoms with Gasteiger partial charge in [0.15, 0.2) is 0 Å². The zero-order valence-electron chi connectivity index (χ0n) is 29.3. The zero-order chi connectivity index (χ0) is 35.3. The van der Waals surface area contributed by atoms with Crippen molar-refractivity contribution in [3.8, 4) is 0 Å². The summed E-state index contributed by atoms with van der Waals surface area (Å²) in [7, 11) is 0. The summed E-state index contributed by atoms with van der Waals surface area (Å²) in [6, 6.07) is -3.68. The second kappa shape index (κ2) is 15.8. The van der Waals surface area contributed by atoms with Crippen LogP contribution in [0.1, 0.15) is 115 Å². The lowest BCUT2D eigenvalue weighted by atomic mass is 9.82. The van der Waals surface area contributed by atoms with Crippen LogP contribution < -0.4 is 21.3 Å². The Morgan fingerprint density at radius 2 is 1.63 bits per heavy atom. The number of fused-ring (bicyclic) bond motifs is 1. The fourth-order valence-corrected chi connectivity index (χ4v) is 7.87. The van der Waals surface area contributed by atoms with Crippen LogP contribution in [-0.4, -0.2) is 86.9 Å². The molecule has 1 unspecified atom stereocenters. The lowest BCUT2D eigenvalue weighted by Crippen LogP contribution is -2.62. The van der Waals surface area contributed by atoms with Crippen molar-refractivity contribution in [2.75, 3.05) is 6.54 Å². The number of aromatic nitrogens is 2. The lowest BCUT2D eigenvalue weighted by Gasteiger charge is -2.38. The van der Waals surface area contributed by atoms with Crippen molar-refractivity contribution >= 4 is 35.3 Å². The van der Waals surface area contributed by atoms with Crippen LogP contribution >= 0.6 is 0 Å². The van der Waals surface area contributed by atoms with Crippen molar-refractivity contribution in [3.63, 3.8) is 0 Å². The Balaban J connectivity index is 1.36. The Morgan fingerprint density at radius 1 is 0.898 bits per heavy atom. The fraction of sp³-hybridized carbons (Fsp3) is 0.722. The Hall–Kier alpha value is -3.90. The van der Waals surface area contributed by atoms with Crippen LogP contribution in [0.3, 0.4) is 0 Å². The first-order valence-corrected chi connectivity index (χ1v) is 18.2. The molecule has 1 saturated heterocycles. The molecule has 4 aliphatic rings. The fourth-order valence-electron chi connectivity index (χ4n) is 7.87. The van der Waals surface area contributed by atoms with Gasteiger partial charge in [-0.05, 0) is 68.1 Å². The number of Topliss-reactive ketones (excluding diaryl/α,β-unsaturated/α-hetero) is 1. The quantitative estimate of drug-likeness (QED) is 0.230. The van der Waals surface area contributed by atoms with Gasteiger partial charge in [-0.1, -0.05) is 59.8 Å². The van der Waals surface area contributed by atoms with Gasteiger partial charge in [0.25, 0.3) is 11.8 Å². The van der Waals surface area contributed by atoms with E-state index in [2.05, 4.69) is 31.2 Å². The highest BCUT2D eigenvalue weighted by Crippen LogP contribution is 2.43. The van der Waals surface area contributed by atoms with Crippen LogP contribution in [0.25, 0.3) is 0 Å². The molecular weight excluding hydrogens is 626 g/mol. The third kappa shape index (κ3) is 8.83. The summed E-state index contributed by atoms with van der Waals surface area (Å²) in [6.07, 6.45) is 13.9. The third-order valence-corrected chi connectivity index (χ3v) is 10.7. The lowest BCUT2D eigenvalue weighted by molar-refractivity contribution is -0.146. The van der Waals surface area contributed by atoms with Gasteiger partial charge < -0.3 is 26.2 Å². The first-order valence-electron chi connectivity index (χ1n) is 18.2. The summed E-state index contributed by atoms with van der Waals surface area (Å²) in [4.78, 5) is 91.4. The van der Waals surface area contributed by atoms with Gasteiger partial charge in [-0.2, -0.15) is 0 Å². The Bertz CT molecular complexity index is 1390. The molecule has 13 nitrogen and oxygen atoms in total. The minimum absolute atomic E-state index is 0.0132. The smallest absolute Gasteiger partial charge is 0.289 e. The minimum atomic E-state index is -0.994. The Labute approximate surface area is 288 Å². The van der Waals surface area contributed by atoms with E-state index in [9.17, 15) is 28.8 Å². The van der Waals surface area contributed by atoms with Gasteiger partial charge in [-0.3, -0.25) is 33.8 Å². The van der Waals surface area contributed by atoms with Crippen LogP contribution in [-0.2, 0) is 24.0 Å². The van der Waals surface area contributed by atoms with Gasteiger partial charge in [0.05, 0.1) is 12.2 Å². The van der Waals surface area contributed by atoms with Crippen molar-refractivity contribution < 1.29 is 28.8 Å². The molecule has 0 radical (unpaired) electrons. The normalized spacial score (nSPS) is 24.2. The van der Waals surface area contributed by atoms with Crippen molar-refractivity contribution in [2.24, 2.45) is 23.2 Å². The maximum absolute atomic E-state index is 14.6. The molecule has 4 fully saturated rings. The number of nitrogens with zero attached hydrogens (tertiary/aromatic N) is 3. The van der Waals surface area contributed by atoms with E-state index < -0.39 is 59.0 Å². The molecule has 49 heavy (non-hydrogen) atoms. The van der Waals surface area contributed by atoms with E-state index >= 15 is 0 Å². The maximum Gasteiger partial charge on any atom is 0.289 e. The second-order valence-corrected chi connectivity index (χ2v) is 15.5. The van der Waals surface area contributed by atoms with Crippen LogP contribution in [0.2, 0.25) is 0 Å². The first kappa shape index (κ1) is 36.4. The predicted molar refractivity (Wildman–Crippen MR) is 181 cm³/mol. The highest BCUT2D eigenvalue weighted by molar-refractivity contribution is 6.38. The molecule has 3 saturated carbocycles. The van der Waals surface area contributed by atoms with E-state index in [1.807, 2.05) is 27.7 Å². The highest BCUT2D eigenvalue weighted by atomic mass is 16.2. The average Bonchev–Trinajstić information content (AvgIpc) is 3.65. The monoisotopic (exact) mass is 679 g/mol. The first-order chi connectivity index (χ1) is 23.4. The largest absolute Gasteiger partial charge is 0.347 e. The summed E-state index contributed by atoms with van der Waals surface area (Å²) in [5.41, 5.74) is -0.638. The van der Waals surface area contributed by atoms with Crippen molar-refractivity contribution in [1.29, 1.82) is 0 Å². The molecule has 13 heteroatoms. The van der Waals surface area contributed by atoms with Gasteiger partial charge in [-0.25, -0.2) is 4.98 Å². The summed E-state index contributed by atoms with van der Waals surface area (Å²) >= 11 is 0. The summed E-state index contributed by atoms with van der Waals surface area (Å²) in [5.74, 6) is -3.20. The molecule has 1 aromatic heterocycles. The number of ketones is 1. The van der Waals surface area contributed by atoms with Gasteiger partial charge >= 0.3 is 0 Å². The van der Waals surface area contributed by atoms with Crippen LogP contribution in [0.4, 0.5) is 0 Å². The zero-order valence-corrected chi connectivity index (χ0v) is 29.3. The molecular formula is C36H53N7O6. The summed E-state index contributed by atoms with van der Waals surface area (Å²) in [5, 5.41) is 11.5. The molecule has 1 aliphatic heterocycles. The van der Waals surface area contributed by atoms with Gasteiger partial charge in [0, 0.05) is 25.0 Å². The predicted octanol–water partition coefficient (Wildman–Crippen LogP) is 2.45. The Morgan fingerprint density at radius 3 is 2.27 bits per heavy atom. The molecule has 5 amide bonds. The van der Waals surface area contributed by atoms with Gasteiger partial charge in [-0.15, -0.1) is 0 Å². The Kier molecular flexibility index (Phi) is 11.7. The molecule has 0 bridgehead atoms. The molecule has 0 aromatic carbocycles. The highest BCUT2D eigenvalue weighted by Gasteiger charge is 2.52. The molecule has 1 aromatic rings. The number of amides is 5. The molecule has 0 spiro atoms. The number of nitrogens with one attached hydrogen (secondary N) is 4. The van der Waals surface area contributed by atoms with E-state index in [1.54, 1.807) is 4.90 Å². The topological polar surface area (TPSA) is 180 Å². The number of likely N-dealkylation sites (tertiary alicyclic amines) is 1. The molecule has 2 heterocycles. The van der Waals surface area contributed by atoms with Gasteiger partial charge in [0.1, 0.15) is 23.8 Å². The number of rotatable bonds is 13. The van der Waals surface area contributed by atoms with E-state index in [0.29, 0.717) is 19.4 Å². The molecule has 5 rings (SSSR count). The molecule has 4 N–H and O–H groups in total. The second-order valence-electron chi connectivity index (χ2n) is 15.5. The van der Waals surface area contributed by atoms with Crippen molar-refractivity contribution in [3.05, 3.63) is 24.3 Å². The average molecular weight is 680 g/mol. The summed E-state index contributed by atoms with van der Waals surface area (Å²) in [6.45, 7) is 7.85. The van der Waals surface area contributed by atoms with E-state index in [4.69, 9.17) is 0 Å². The summed E-state index contributed by atoms with van der Waals surface area (Å²) < 4.78 is 0. The molecule has 6 atom stereocenters.